The maximum atomic E-state index is 11.4. The van der Waals surface area contributed by atoms with Gasteiger partial charge in [0.05, 0.1) is 0 Å². The minimum atomic E-state index is -0.862. The van der Waals surface area contributed by atoms with Gasteiger partial charge in [0, 0.05) is 16.7 Å². The van der Waals surface area contributed by atoms with Crippen molar-refractivity contribution in [1.82, 2.24) is 5.32 Å². The van der Waals surface area contributed by atoms with Gasteiger partial charge in [-0.1, -0.05) is 26.0 Å². The van der Waals surface area contributed by atoms with Crippen molar-refractivity contribution in [3.8, 4) is 0 Å². The SMILES string of the molecule is CC(C)NC(C)(CCSc1ccc(C(C)C)cc1)C(=O)O. The first-order chi connectivity index (χ1) is 9.74. The van der Waals surface area contributed by atoms with Crippen LogP contribution in [0.1, 0.15) is 52.5 Å². The molecule has 0 fully saturated rings. The van der Waals surface area contributed by atoms with Gasteiger partial charge >= 0.3 is 5.97 Å². The molecule has 1 unspecified atom stereocenters. The zero-order valence-corrected chi connectivity index (χ0v) is 14.5. The van der Waals surface area contributed by atoms with E-state index in [0.717, 1.165) is 5.75 Å². The Hall–Kier alpha value is -1.00. The smallest absolute Gasteiger partial charge is 0.323 e. The van der Waals surface area contributed by atoms with Crippen LogP contribution in [0.15, 0.2) is 29.2 Å². The van der Waals surface area contributed by atoms with Gasteiger partial charge in [-0.05, 0) is 50.8 Å². The van der Waals surface area contributed by atoms with E-state index in [9.17, 15) is 9.90 Å². The molecule has 4 heteroatoms. The maximum Gasteiger partial charge on any atom is 0.323 e. The molecule has 0 aliphatic rings. The van der Waals surface area contributed by atoms with Gasteiger partial charge in [0.2, 0.25) is 0 Å². The third-order valence-electron chi connectivity index (χ3n) is 3.50. The molecule has 0 aromatic heterocycles. The zero-order chi connectivity index (χ0) is 16.0. The lowest BCUT2D eigenvalue weighted by atomic mass is 9.98. The summed E-state index contributed by atoms with van der Waals surface area (Å²) in [5.74, 6) is 0.533. The van der Waals surface area contributed by atoms with Gasteiger partial charge in [-0.15, -0.1) is 11.8 Å². The summed E-state index contributed by atoms with van der Waals surface area (Å²) in [5.41, 5.74) is 0.468. The van der Waals surface area contributed by atoms with Crippen molar-refractivity contribution in [2.24, 2.45) is 0 Å². The molecule has 0 aliphatic heterocycles. The summed E-state index contributed by atoms with van der Waals surface area (Å²) in [6, 6.07) is 8.69. The van der Waals surface area contributed by atoms with Crippen LogP contribution in [0.2, 0.25) is 0 Å². The number of carboxylic acids is 1. The molecule has 21 heavy (non-hydrogen) atoms. The first-order valence-corrected chi connectivity index (χ1v) is 8.47. The van der Waals surface area contributed by atoms with Crippen LogP contribution in [-0.2, 0) is 4.79 Å². The maximum absolute atomic E-state index is 11.4. The molecule has 0 bridgehead atoms. The number of rotatable bonds is 8. The number of nitrogens with one attached hydrogen (secondary N) is 1. The molecule has 1 rings (SSSR count). The second-order valence-corrected chi connectivity index (χ2v) is 7.43. The van der Waals surface area contributed by atoms with Crippen molar-refractivity contribution in [2.75, 3.05) is 5.75 Å². The van der Waals surface area contributed by atoms with Gasteiger partial charge in [-0.2, -0.15) is 0 Å². The molecule has 0 saturated carbocycles. The minimum absolute atomic E-state index is 0.154. The second kappa shape index (κ2) is 7.85. The van der Waals surface area contributed by atoms with E-state index < -0.39 is 11.5 Å². The van der Waals surface area contributed by atoms with Crippen molar-refractivity contribution < 1.29 is 9.90 Å². The molecular formula is C17H27NO2S. The van der Waals surface area contributed by atoms with Crippen molar-refractivity contribution in [3.05, 3.63) is 29.8 Å². The van der Waals surface area contributed by atoms with Crippen LogP contribution < -0.4 is 5.32 Å². The van der Waals surface area contributed by atoms with E-state index in [4.69, 9.17) is 0 Å². The van der Waals surface area contributed by atoms with Gasteiger partial charge in [0.15, 0.2) is 0 Å². The molecule has 1 aromatic rings. The van der Waals surface area contributed by atoms with Crippen molar-refractivity contribution in [1.29, 1.82) is 0 Å². The van der Waals surface area contributed by atoms with Crippen molar-refractivity contribution >= 4 is 17.7 Å². The highest BCUT2D eigenvalue weighted by atomic mass is 32.2. The molecule has 3 nitrogen and oxygen atoms in total. The highest BCUT2D eigenvalue weighted by molar-refractivity contribution is 7.99. The molecule has 0 saturated heterocycles. The molecule has 1 atom stereocenters. The topological polar surface area (TPSA) is 49.3 Å². The number of aliphatic carboxylic acids is 1. The first-order valence-electron chi connectivity index (χ1n) is 7.48. The van der Waals surface area contributed by atoms with E-state index >= 15 is 0 Å². The Bertz CT molecular complexity index is 456. The molecule has 0 radical (unpaired) electrons. The third-order valence-corrected chi connectivity index (χ3v) is 4.51. The number of benzene rings is 1. The predicted octanol–water partition coefficient (Wildman–Crippen LogP) is 4.13. The average Bonchev–Trinajstić information content (AvgIpc) is 2.38. The normalized spacial score (nSPS) is 14.4. The largest absolute Gasteiger partial charge is 0.480 e. The molecule has 2 N–H and O–H groups in total. The lowest BCUT2D eigenvalue weighted by molar-refractivity contribution is -0.144. The zero-order valence-electron chi connectivity index (χ0n) is 13.6. The van der Waals surface area contributed by atoms with Crippen LogP contribution in [0.3, 0.4) is 0 Å². The number of carboxylic acid groups (broad SMARTS) is 1. The molecule has 1 aromatic carbocycles. The van der Waals surface area contributed by atoms with Crippen LogP contribution in [0, 0.1) is 0 Å². The number of hydrogen-bond donors (Lipinski definition) is 2. The molecular weight excluding hydrogens is 282 g/mol. The van der Waals surface area contributed by atoms with Crippen LogP contribution in [0.4, 0.5) is 0 Å². The molecule has 118 valence electrons. The fourth-order valence-electron chi connectivity index (χ4n) is 2.20. The highest BCUT2D eigenvalue weighted by Crippen LogP contribution is 2.24. The summed E-state index contributed by atoms with van der Waals surface area (Å²) in [6.07, 6.45) is 0.594. The molecule has 0 amide bonds. The number of carbonyl (C=O) groups is 1. The van der Waals surface area contributed by atoms with Crippen LogP contribution in [0.25, 0.3) is 0 Å². The Balaban J connectivity index is 2.56. The molecule has 0 aliphatic carbocycles. The average molecular weight is 309 g/mol. The van der Waals surface area contributed by atoms with E-state index in [1.165, 1.54) is 10.5 Å². The monoisotopic (exact) mass is 309 g/mol. The lowest BCUT2D eigenvalue weighted by Crippen LogP contribution is -2.52. The molecule has 0 heterocycles. The Morgan fingerprint density at radius 3 is 2.24 bits per heavy atom. The Kier molecular flexibility index (Phi) is 6.75. The fourth-order valence-corrected chi connectivity index (χ4v) is 3.27. The van der Waals surface area contributed by atoms with Crippen molar-refractivity contribution in [2.45, 2.75) is 63.4 Å². The van der Waals surface area contributed by atoms with Crippen molar-refractivity contribution in [3.63, 3.8) is 0 Å². The Labute approximate surface area is 132 Å². The summed E-state index contributed by atoms with van der Waals surface area (Å²) >= 11 is 1.71. The fraction of sp³-hybridized carbons (Fsp3) is 0.588. The van der Waals surface area contributed by atoms with E-state index in [2.05, 4.69) is 43.4 Å². The summed E-state index contributed by atoms with van der Waals surface area (Å²) < 4.78 is 0. The predicted molar refractivity (Wildman–Crippen MR) is 90.2 cm³/mol. The molecule has 0 spiro atoms. The van der Waals surface area contributed by atoms with Crippen LogP contribution >= 0.6 is 11.8 Å². The van der Waals surface area contributed by atoms with Gasteiger partial charge in [-0.25, -0.2) is 0 Å². The number of thioether (sulfide) groups is 1. The number of hydrogen-bond acceptors (Lipinski definition) is 3. The standard InChI is InChI=1S/C17H27NO2S/c1-12(2)14-6-8-15(9-7-14)21-11-10-17(5,16(19)20)18-13(3)4/h6-9,12-13,18H,10-11H2,1-5H3,(H,19,20). The Morgan fingerprint density at radius 1 is 1.24 bits per heavy atom. The van der Waals surface area contributed by atoms with E-state index in [0.29, 0.717) is 12.3 Å². The van der Waals surface area contributed by atoms with E-state index in [1.54, 1.807) is 18.7 Å². The van der Waals surface area contributed by atoms with Crippen LogP contribution in [-0.4, -0.2) is 28.4 Å². The second-order valence-electron chi connectivity index (χ2n) is 6.26. The summed E-state index contributed by atoms with van der Waals surface area (Å²) in [7, 11) is 0. The Morgan fingerprint density at radius 2 is 1.81 bits per heavy atom. The lowest BCUT2D eigenvalue weighted by Gasteiger charge is -2.28. The first kappa shape index (κ1) is 18.1. The summed E-state index contributed by atoms with van der Waals surface area (Å²) in [4.78, 5) is 12.6. The van der Waals surface area contributed by atoms with Crippen LogP contribution in [0.5, 0.6) is 0 Å². The van der Waals surface area contributed by atoms with Gasteiger partial charge in [0.1, 0.15) is 5.54 Å². The van der Waals surface area contributed by atoms with Gasteiger partial charge in [0.25, 0.3) is 0 Å². The van der Waals surface area contributed by atoms with Gasteiger partial charge < -0.3 is 5.11 Å². The quantitative estimate of drug-likeness (QED) is 0.709. The summed E-state index contributed by atoms with van der Waals surface area (Å²) in [6.45, 7) is 10.1. The minimum Gasteiger partial charge on any atom is -0.480 e. The highest BCUT2D eigenvalue weighted by Gasteiger charge is 2.32. The third kappa shape index (κ3) is 5.71. The van der Waals surface area contributed by atoms with E-state index in [-0.39, 0.29) is 6.04 Å². The van der Waals surface area contributed by atoms with Gasteiger partial charge in [-0.3, -0.25) is 10.1 Å². The van der Waals surface area contributed by atoms with E-state index in [1.807, 2.05) is 13.8 Å². The summed E-state index contributed by atoms with van der Waals surface area (Å²) in [5, 5.41) is 12.6.